The van der Waals surface area contributed by atoms with Gasteiger partial charge in [0, 0.05) is 16.6 Å². The summed E-state index contributed by atoms with van der Waals surface area (Å²) in [6.07, 6.45) is 4.00. The highest BCUT2D eigenvalue weighted by Crippen LogP contribution is 2.38. The Morgan fingerprint density at radius 1 is 1.35 bits per heavy atom. The van der Waals surface area contributed by atoms with Crippen LogP contribution in [0.1, 0.15) is 51.6 Å². The van der Waals surface area contributed by atoms with Gasteiger partial charge in [-0.05, 0) is 36.8 Å². The Kier molecular flexibility index (Phi) is 3.94. The van der Waals surface area contributed by atoms with Gasteiger partial charge in [-0.3, -0.25) is 0 Å². The maximum absolute atomic E-state index is 3.80. The molecule has 2 rings (SSSR count). The Hall–Kier alpha value is -0.340. The van der Waals surface area contributed by atoms with Gasteiger partial charge in [0.15, 0.2) is 0 Å². The van der Waals surface area contributed by atoms with Crippen LogP contribution in [-0.2, 0) is 0 Å². The van der Waals surface area contributed by atoms with Crippen molar-refractivity contribution in [2.45, 2.75) is 52.1 Å². The summed E-state index contributed by atoms with van der Waals surface area (Å²) in [7, 11) is 0. The van der Waals surface area contributed by atoms with E-state index in [-0.39, 0.29) is 0 Å². The average Bonchev–Trinajstić information content (AvgIpc) is 2.59. The maximum atomic E-state index is 3.80. The Morgan fingerprint density at radius 2 is 2.06 bits per heavy atom. The van der Waals surface area contributed by atoms with Crippen LogP contribution in [-0.4, -0.2) is 6.04 Å². The zero-order valence-electron chi connectivity index (χ0n) is 11.0. The van der Waals surface area contributed by atoms with E-state index in [0.717, 1.165) is 0 Å². The molecule has 17 heavy (non-hydrogen) atoms. The van der Waals surface area contributed by atoms with Crippen molar-refractivity contribution in [2.75, 3.05) is 0 Å². The van der Waals surface area contributed by atoms with Crippen molar-refractivity contribution in [3.8, 4) is 0 Å². The van der Waals surface area contributed by atoms with Crippen molar-refractivity contribution in [2.24, 2.45) is 5.41 Å². The van der Waals surface area contributed by atoms with Gasteiger partial charge in [0.05, 0.1) is 0 Å². The lowest BCUT2D eigenvalue weighted by molar-refractivity contribution is 0.266. The molecule has 0 amide bonds. The van der Waals surface area contributed by atoms with Crippen LogP contribution in [0.2, 0.25) is 0 Å². The lowest BCUT2D eigenvalue weighted by atomic mass is 9.86. The molecule has 1 nitrogen and oxygen atoms in total. The van der Waals surface area contributed by atoms with E-state index in [9.17, 15) is 0 Å². The van der Waals surface area contributed by atoms with Crippen LogP contribution in [0, 0.1) is 5.41 Å². The lowest BCUT2D eigenvalue weighted by Gasteiger charge is -2.31. The number of hydrogen-bond acceptors (Lipinski definition) is 1. The molecule has 1 aliphatic carbocycles. The monoisotopic (exact) mass is 295 g/mol. The molecule has 0 saturated heterocycles. The molecule has 0 aliphatic heterocycles. The molecule has 0 spiro atoms. The first-order chi connectivity index (χ1) is 8.00. The standard InChI is InChI=1S/C15H22BrN/c1-11(12-7-4-5-8-13(12)16)17-14-9-6-10-15(14,2)3/h4-5,7-8,11,14,17H,6,9-10H2,1-3H3/t11-,14?/m1/s1. The van der Waals surface area contributed by atoms with Crippen molar-refractivity contribution >= 4 is 15.9 Å². The van der Waals surface area contributed by atoms with E-state index < -0.39 is 0 Å². The molecule has 2 atom stereocenters. The molecule has 1 aromatic carbocycles. The third-order valence-corrected chi connectivity index (χ3v) is 4.80. The topological polar surface area (TPSA) is 12.0 Å². The van der Waals surface area contributed by atoms with E-state index in [2.05, 4.69) is 66.3 Å². The summed E-state index contributed by atoms with van der Waals surface area (Å²) in [5.41, 5.74) is 1.80. The highest BCUT2D eigenvalue weighted by atomic mass is 79.9. The second-order valence-corrected chi connectivity index (χ2v) is 6.70. The van der Waals surface area contributed by atoms with E-state index in [1.165, 1.54) is 29.3 Å². The van der Waals surface area contributed by atoms with Gasteiger partial charge >= 0.3 is 0 Å². The van der Waals surface area contributed by atoms with Crippen molar-refractivity contribution in [1.82, 2.24) is 5.32 Å². The Balaban J connectivity index is 2.07. The quantitative estimate of drug-likeness (QED) is 0.854. The third-order valence-electron chi connectivity index (χ3n) is 4.08. The smallest absolute Gasteiger partial charge is 0.0305 e. The van der Waals surface area contributed by atoms with E-state index in [0.29, 0.717) is 17.5 Å². The molecule has 2 heteroatoms. The van der Waals surface area contributed by atoms with E-state index in [1.807, 2.05) is 0 Å². The molecule has 94 valence electrons. The van der Waals surface area contributed by atoms with Gasteiger partial charge < -0.3 is 5.32 Å². The average molecular weight is 296 g/mol. The summed E-state index contributed by atoms with van der Waals surface area (Å²) < 4.78 is 1.20. The molecule has 1 aromatic rings. The first-order valence-corrected chi connectivity index (χ1v) is 7.30. The normalized spacial score (nSPS) is 24.8. The Morgan fingerprint density at radius 3 is 2.65 bits per heavy atom. The minimum atomic E-state index is 0.410. The van der Waals surface area contributed by atoms with Gasteiger partial charge in [-0.15, -0.1) is 0 Å². The van der Waals surface area contributed by atoms with Crippen LogP contribution in [0.3, 0.4) is 0 Å². The molecular weight excluding hydrogens is 274 g/mol. The molecule has 0 bridgehead atoms. The fourth-order valence-electron chi connectivity index (χ4n) is 2.85. The first-order valence-electron chi connectivity index (χ1n) is 6.51. The van der Waals surface area contributed by atoms with Crippen molar-refractivity contribution in [3.63, 3.8) is 0 Å². The molecular formula is C15H22BrN. The Labute approximate surface area is 113 Å². The van der Waals surface area contributed by atoms with E-state index >= 15 is 0 Å². The number of nitrogens with one attached hydrogen (secondary N) is 1. The van der Waals surface area contributed by atoms with Gasteiger partial charge in [-0.25, -0.2) is 0 Å². The number of benzene rings is 1. The maximum Gasteiger partial charge on any atom is 0.0305 e. The minimum Gasteiger partial charge on any atom is -0.307 e. The second kappa shape index (κ2) is 5.11. The summed E-state index contributed by atoms with van der Waals surface area (Å²) in [4.78, 5) is 0. The molecule has 1 saturated carbocycles. The van der Waals surface area contributed by atoms with Gasteiger partial charge in [0.1, 0.15) is 0 Å². The molecule has 1 aliphatic rings. The van der Waals surface area contributed by atoms with Gasteiger partial charge in [0.25, 0.3) is 0 Å². The highest BCUT2D eigenvalue weighted by Gasteiger charge is 2.35. The molecule has 0 heterocycles. The van der Waals surface area contributed by atoms with Crippen molar-refractivity contribution in [3.05, 3.63) is 34.3 Å². The van der Waals surface area contributed by atoms with Crippen LogP contribution in [0.4, 0.5) is 0 Å². The summed E-state index contributed by atoms with van der Waals surface area (Å²) >= 11 is 3.63. The molecule has 1 fully saturated rings. The first kappa shape index (κ1) is 13.1. The van der Waals surface area contributed by atoms with Gasteiger partial charge in [-0.2, -0.15) is 0 Å². The minimum absolute atomic E-state index is 0.410. The van der Waals surface area contributed by atoms with Crippen LogP contribution in [0.15, 0.2) is 28.7 Å². The zero-order chi connectivity index (χ0) is 12.5. The van der Waals surface area contributed by atoms with Crippen LogP contribution < -0.4 is 5.32 Å². The molecule has 0 radical (unpaired) electrons. The summed E-state index contributed by atoms with van der Waals surface area (Å²) in [5, 5.41) is 3.80. The fraction of sp³-hybridized carbons (Fsp3) is 0.600. The van der Waals surface area contributed by atoms with E-state index in [1.54, 1.807) is 0 Å². The SMILES string of the molecule is C[C@@H](NC1CCCC1(C)C)c1ccccc1Br. The summed E-state index contributed by atoms with van der Waals surface area (Å²) in [6, 6.07) is 9.55. The van der Waals surface area contributed by atoms with Crippen LogP contribution >= 0.6 is 15.9 Å². The van der Waals surface area contributed by atoms with Crippen molar-refractivity contribution < 1.29 is 0 Å². The number of halogens is 1. The fourth-order valence-corrected chi connectivity index (χ4v) is 3.48. The van der Waals surface area contributed by atoms with Gasteiger partial charge in [0.2, 0.25) is 0 Å². The Bertz CT molecular complexity index is 386. The van der Waals surface area contributed by atoms with Crippen LogP contribution in [0.5, 0.6) is 0 Å². The zero-order valence-corrected chi connectivity index (χ0v) is 12.5. The highest BCUT2D eigenvalue weighted by molar-refractivity contribution is 9.10. The van der Waals surface area contributed by atoms with Crippen LogP contribution in [0.25, 0.3) is 0 Å². The molecule has 1 N–H and O–H groups in total. The summed E-state index contributed by atoms with van der Waals surface area (Å²) in [6.45, 7) is 7.02. The number of hydrogen-bond donors (Lipinski definition) is 1. The largest absolute Gasteiger partial charge is 0.307 e. The second-order valence-electron chi connectivity index (χ2n) is 5.84. The van der Waals surface area contributed by atoms with Gasteiger partial charge in [-0.1, -0.05) is 54.4 Å². The van der Waals surface area contributed by atoms with Crippen molar-refractivity contribution in [1.29, 1.82) is 0 Å². The molecule has 1 unspecified atom stereocenters. The predicted molar refractivity (Wildman–Crippen MR) is 77.1 cm³/mol. The summed E-state index contributed by atoms with van der Waals surface area (Å²) in [5.74, 6) is 0. The predicted octanol–water partition coefficient (Wildman–Crippen LogP) is 4.68. The lowest BCUT2D eigenvalue weighted by Crippen LogP contribution is -2.39. The third kappa shape index (κ3) is 2.92. The molecule has 0 aromatic heterocycles. The van der Waals surface area contributed by atoms with E-state index in [4.69, 9.17) is 0 Å². The number of rotatable bonds is 3.